The van der Waals surface area contributed by atoms with Gasteiger partial charge in [-0.05, 0) is 29.7 Å². The van der Waals surface area contributed by atoms with Crippen LogP contribution in [0.5, 0.6) is 0 Å². The number of nitrogens with zero attached hydrogens (tertiary/aromatic N) is 4. The molecule has 6 heteroatoms. The van der Waals surface area contributed by atoms with Crippen molar-refractivity contribution in [2.45, 2.75) is 27.0 Å². The van der Waals surface area contributed by atoms with Gasteiger partial charge in [0.2, 0.25) is 0 Å². The fourth-order valence-corrected chi connectivity index (χ4v) is 4.25. The van der Waals surface area contributed by atoms with Crippen LogP contribution in [-0.2, 0) is 17.9 Å². The third-order valence-electron chi connectivity index (χ3n) is 5.75. The van der Waals surface area contributed by atoms with Crippen LogP contribution in [0, 0.1) is 5.92 Å². The molecule has 2 aromatic carbocycles. The van der Waals surface area contributed by atoms with E-state index >= 15 is 0 Å². The summed E-state index contributed by atoms with van der Waals surface area (Å²) in [6, 6.07) is 20.6. The normalized spacial score (nSPS) is 13.2. The van der Waals surface area contributed by atoms with Gasteiger partial charge in [0.1, 0.15) is 12.5 Å². The van der Waals surface area contributed by atoms with Gasteiger partial charge >= 0.3 is 0 Å². The molecule has 0 amide bonds. The summed E-state index contributed by atoms with van der Waals surface area (Å²) in [5.41, 5.74) is 5.76. The standard InChI is InChI=1S/C27H29N5O/c1-20(2)15-32-19-33-18-24-25(32)17-31(27(24)30-23-7-4-3-5-8-23)16-21-9-11-22(12-10-21)26-28-13-6-14-29-26/h3-14,17,20,30H,15-16,18-19H2,1-2H3. The van der Waals surface area contributed by atoms with Crippen LogP contribution in [0.1, 0.15) is 25.0 Å². The molecule has 0 aliphatic carbocycles. The average Bonchev–Trinajstić information content (AvgIpc) is 3.18. The van der Waals surface area contributed by atoms with Crippen molar-refractivity contribution in [1.82, 2.24) is 14.5 Å². The second-order valence-electron chi connectivity index (χ2n) is 8.82. The van der Waals surface area contributed by atoms with Crippen molar-refractivity contribution < 1.29 is 4.74 Å². The Bertz CT molecular complexity index is 1190. The lowest BCUT2D eigenvalue weighted by Crippen LogP contribution is -2.33. The molecular formula is C27H29N5O. The summed E-state index contributed by atoms with van der Waals surface area (Å²) in [5, 5.41) is 3.65. The summed E-state index contributed by atoms with van der Waals surface area (Å²) in [7, 11) is 0. The van der Waals surface area contributed by atoms with E-state index in [1.165, 1.54) is 16.8 Å². The molecule has 0 atom stereocenters. The van der Waals surface area contributed by atoms with Crippen molar-refractivity contribution in [2.24, 2.45) is 5.92 Å². The Morgan fingerprint density at radius 3 is 2.45 bits per heavy atom. The lowest BCUT2D eigenvalue weighted by atomic mass is 10.1. The average molecular weight is 440 g/mol. The van der Waals surface area contributed by atoms with Crippen LogP contribution in [0.4, 0.5) is 17.2 Å². The number of nitrogens with one attached hydrogen (secondary N) is 1. The lowest BCUT2D eigenvalue weighted by Gasteiger charge is -2.30. The van der Waals surface area contributed by atoms with Gasteiger partial charge in [-0.1, -0.05) is 56.3 Å². The highest BCUT2D eigenvalue weighted by Gasteiger charge is 2.25. The maximum absolute atomic E-state index is 5.97. The monoisotopic (exact) mass is 439 g/mol. The zero-order valence-corrected chi connectivity index (χ0v) is 19.1. The second-order valence-corrected chi connectivity index (χ2v) is 8.82. The lowest BCUT2D eigenvalue weighted by molar-refractivity contribution is 0.109. The molecule has 0 bridgehead atoms. The van der Waals surface area contributed by atoms with Crippen molar-refractivity contribution in [2.75, 3.05) is 23.5 Å². The number of rotatable bonds is 7. The predicted molar refractivity (Wildman–Crippen MR) is 133 cm³/mol. The van der Waals surface area contributed by atoms with Gasteiger partial charge in [-0.15, -0.1) is 0 Å². The van der Waals surface area contributed by atoms with E-state index in [0.29, 0.717) is 19.3 Å². The van der Waals surface area contributed by atoms with E-state index < -0.39 is 0 Å². The van der Waals surface area contributed by atoms with Crippen molar-refractivity contribution >= 4 is 17.2 Å². The van der Waals surface area contributed by atoms with E-state index in [4.69, 9.17) is 4.74 Å². The van der Waals surface area contributed by atoms with E-state index in [9.17, 15) is 0 Å². The molecule has 0 spiro atoms. The minimum absolute atomic E-state index is 0.557. The molecule has 1 N–H and O–H groups in total. The first kappa shape index (κ1) is 21.2. The van der Waals surface area contributed by atoms with Gasteiger partial charge in [-0.3, -0.25) is 0 Å². The first-order chi connectivity index (χ1) is 16.2. The van der Waals surface area contributed by atoms with Crippen LogP contribution < -0.4 is 10.2 Å². The number of benzene rings is 2. The third-order valence-corrected chi connectivity index (χ3v) is 5.75. The Hall–Kier alpha value is -3.64. The van der Waals surface area contributed by atoms with Gasteiger partial charge in [0.15, 0.2) is 5.82 Å². The van der Waals surface area contributed by atoms with Crippen molar-refractivity contribution in [3.8, 4) is 11.4 Å². The summed E-state index contributed by atoms with van der Waals surface area (Å²) < 4.78 is 8.27. The summed E-state index contributed by atoms with van der Waals surface area (Å²) in [6.07, 6.45) is 5.81. The van der Waals surface area contributed by atoms with E-state index in [0.717, 1.165) is 36.0 Å². The number of aromatic nitrogens is 3. The molecule has 3 heterocycles. The molecule has 0 radical (unpaired) electrons. The van der Waals surface area contributed by atoms with Crippen LogP contribution in [0.3, 0.4) is 0 Å². The molecule has 168 valence electrons. The largest absolute Gasteiger partial charge is 0.356 e. The van der Waals surface area contributed by atoms with E-state index in [1.54, 1.807) is 12.4 Å². The van der Waals surface area contributed by atoms with Crippen LogP contribution >= 0.6 is 0 Å². The van der Waals surface area contributed by atoms with Crippen LogP contribution in [-0.4, -0.2) is 27.8 Å². The van der Waals surface area contributed by atoms with Crippen LogP contribution in [0.15, 0.2) is 79.3 Å². The van der Waals surface area contributed by atoms with Gasteiger partial charge in [0.25, 0.3) is 0 Å². The third kappa shape index (κ3) is 4.76. The summed E-state index contributed by atoms with van der Waals surface area (Å²) >= 11 is 0. The molecule has 6 nitrogen and oxygen atoms in total. The Morgan fingerprint density at radius 2 is 1.73 bits per heavy atom. The number of hydrogen-bond acceptors (Lipinski definition) is 5. The fraction of sp³-hybridized carbons (Fsp3) is 0.259. The Balaban J connectivity index is 1.47. The molecule has 0 fully saturated rings. The molecule has 1 aliphatic rings. The quantitative estimate of drug-likeness (QED) is 0.401. The Labute approximate surface area is 194 Å². The van der Waals surface area contributed by atoms with Gasteiger partial charge in [-0.2, -0.15) is 0 Å². The molecule has 1 aliphatic heterocycles. The topological polar surface area (TPSA) is 55.2 Å². The molecule has 0 unspecified atom stereocenters. The first-order valence-electron chi connectivity index (χ1n) is 11.4. The summed E-state index contributed by atoms with van der Waals surface area (Å²) in [4.78, 5) is 11.0. The minimum atomic E-state index is 0.557. The summed E-state index contributed by atoms with van der Waals surface area (Å²) in [5.74, 6) is 2.38. The smallest absolute Gasteiger partial charge is 0.159 e. The zero-order chi connectivity index (χ0) is 22.6. The van der Waals surface area contributed by atoms with Gasteiger partial charge in [0, 0.05) is 48.5 Å². The van der Waals surface area contributed by atoms with Crippen molar-refractivity contribution in [1.29, 1.82) is 0 Å². The highest BCUT2D eigenvalue weighted by molar-refractivity contribution is 5.71. The van der Waals surface area contributed by atoms with E-state index in [-0.39, 0.29) is 0 Å². The Morgan fingerprint density at radius 1 is 0.970 bits per heavy atom. The van der Waals surface area contributed by atoms with Crippen molar-refractivity contribution in [3.63, 3.8) is 0 Å². The molecule has 4 aromatic rings. The zero-order valence-electron chi connectivity index (χ0n) is 19.1. The van der Waals surface area contributed by atoms with Crippen molar-refractivity contribution in [3.05, 3.63) is 90.4 Å². The number of fused-ring (bicyclic) bond motifs is 1. The van der Waals surface area contributed by atoms with Crippen LogP contribution in [0.2, 0.25) is 0 Å². The van der Waals surface area contributed by atoms with Gasteiger partial charge in [-0.25, -0.2) is 9.97 Å². The van der Waals surface area contributed by atoms with Gasteiger partial charge < -0.3 is 19.5 Å². The van der Waals surface area contributed by atoms with Crippen LogP contribution in [0.25, 0.3) is 11.4 Å². The van der Waals surface area contributed by atoms with E-state index in [2.05, 4.69) is 81.2 Å². The Kier molecular flexibility index (Phi) is 6.09. The maximum Gasteiger partial charge on any atom is 0.159 e. The maximum atomic E-state index is 5.97. The second kappa shape index (κ2) is 9.46. The number of anilines is 3. The molecule has 0 saturated carbocycles. The SMILES string of the molecule is CC(C)CN1COCc2c1cn(Cc1ccc(-c3ncccn3)cc1)c2Nc1ccccc1. The number of hydrogen-bond donors (Lipinski definition) is 1. The molecular weight excluding hydrogens is 410 g/mol. The molecule has 2 aromatic heterocycles. The first-order valence-corrected chi connectivity index (χ1v) is 11.4. The summed E-state index contributed by atoms with van der Waals surface area (Å²) in [6.45, 7) is 7.45. The highest BCUT2D eigenvalue weighted by atomic mass is 16.5. The minimum Gasteiger partial charge on any atom is -0.356 e. The van der Waals surface area contributed by atoms with E-state index in [1.807, 2.05) is 24.3 Å². The fourth-order valence-electron chi connectivity index (χ4n) is 4.25. The molecule has 5 rings (SSSR count). The highest BCUT2D eigenvalue weighted by Crippen LogP contribution is 2.36. The predicted octanol–water partition coefficient (Wildman–Crippen LogP) is 5.69. The molecule has 33 heavy (non-hydrogen) atoms. The molecule has 0 saturated heterocycles. The van der Waals surface area contributed by atoms with Gasteiger partial charge in [0.05, 0.1) is 12.3 Å². The number of para-hydroxylation sites is 1. The number of ether oxygens (including phenoxy) is 1.